The van der Waals surface area contributed by atoms with Gasteiger partial charge in [0.1, 0.15) is 11.6 Å². The summed E-state index contributed by atoms with van der Waals surface area (Å²) in [4.78, 5) is 23.4. The van der Waals surface area contributed by atoms with E-state index in [-0.39, 0.29) is 28.6 Å². The fourth-order valence-corrected chi connectivity index (χ4v) is 1.95. The summed E-state index contributed by atoms with van der Waals surface area (Å²) in [5.41, 5.74) is 5.05. The van der Waals surface area contributed by atoms with Crippen LogP contribution >= 0.6 is 12.2 Å². The molecule has 0 aliphatic heterocycles. The van der Waals surface area contributed by atoms with Crippen LogP contribution < -0.4 is 11.1 Å². The number of carbonyl (C=O) groups is 2. The van der Waals surface area contributed by atoms with Crippen molar-refractivity contribution < 1.29 is 9.59 Å². The number of hydrogen-bond acceptors (Lipinski definition) is 3. The molecule has 0 spiro atoms. The van der Waals surface area contributed by atoms with Gasteiger partial charge in [-0.3, -0.25) is 9.59 Å². The van der Waals surface area contributed by atoms with Crippen molar-refractivity contribution in [3.63, 3.8) is 0 Å². The molecule has 1 aliphatic rings. The molecule has 0 aromatic heterocycles. The summed E-state index contributed by atoms with van der Waals surface area (Å²) in [6, 6.07) is 0. The van der Waals surface area contributed by atoms with Crippen molar-refractivity contribution in [2.24, 2.45) is 17.1 Å². The quantitative estimate of drug-likeness (QED) is 0.528. The van der Waals surface area contributed by atoms with E-state index in [2.05, 4.69) is 17.5 Å². The van der Waals surface area contributed by atoms with Gasteiger partial charge in [-0.2, -0.15) is 0 Å². The molecule has 5 heteroatoms. The summed E-state index contributed by atoms with van der Waals surface area (Å²) in [5.74, 6) is -0.598. The number of thiocarbonyl (C=S) groups is 1. The van der Waals surface area contributed by atoms with Crippen molar-refractivity contribution in [1.29, 1.82) is 0 Å². The average molecular weight is 228 g/mol. The molecule has 1 saturated carbocycles. The third-order valence-corrected chi connectivity index (χ3v) is 2.71. The highest BCUT2D eigenvalue weighted by Gasteiger charge is 2.39. The molecule has 0 bridgehead atoms. The summed E-state index contributed by atoms with van der Waals surface area (Å²) in [7, 11) is 0. The molecule has 4 nitrogen and oxygen atoms in total. The van der Waals surface area contributed by atoms with Gasteiger partial charge in [0.15, 0.2) is 5.11 Å². The maximum atomic E-state index is 11.7. The first-order valence-electron chi connectivity index (χ1n) is 4.90. The lowest BCUT2D eigenvalue weighted by Gasteiger charge is -2.31. The zero-order chi connectivity index (χ0) is 11.6. The first-order chi connectivity index (χ1) is 6.82. The normalized spacial score (nSPS) is 21.5. The predicted molar refractivity (Wildman–Crippen MR) is 61.3 cm³/mol. The molecule has 0 aromatic carbocycles. The number of rotatable bonds is 2. The summed E-state index contributed by atoms with van der Waals surface area (Å²) in [6.07, 6.45) is 0.894. The van der Waals surface area contributed by atoms with Crippen LogP contribution in [0.3, 0.4) is 0 Å². The molecule has 1 fully saturated rings. The molecule has 0 aromatic rings. The maximum absolute atomic E-state index is 11.7. The maximum Gasteiger partial charge on any atom is 0.163 e. The second-order valence-corrected chi connectivity index (χ2v) is 5.19. The van der Waals surface area contributed by atoms with E-state index < -0.39 is 5.92 Å². The second kappa shape index (κ2) is 4.26. The van der Waals surface area contributed by atoms with Crippen molar-refractivity contribution >= 4 is 28.9 Å². The number of Topliss-reactive ketones (excluding diaryl/α,β-unsaturated/α-hetero) is 2. The van der Waals surface area contributed by atoms with Gasteiger partial charge in [0.2, 0.25) is 0 Å². The smallest absolute Gasteiger partial charge is 0.163 e. The summed E-state index contributed by atoms with van der Waals surface area (Å²) >= 11 is 4.63. The standard InChI is InChI=1S/C10H16N2O2S/c1-10(2)3-7(13)6(8(14)4-10)5-12-9(11)15/h6H,3-5H2,1-2H3,(H3,11,12,15). The SMILES string of the molecule is CC1(C)CC(=O)C(CNC(N)=S)C(=O)C1. The molecule has 0 unspecified atom stereocenters. The van der Waals surface area contributed by atoms with E-state index in [1.807, 2.05) is 13.8 Å². The largest absolute Gasteiger partial charge is 0.376 e. The number of carbonyl (C=O) groups excluding carboxylic acids is 2. The van der Waals surface area contributed by atoms with E-state index >= 15 is 0 Å². The van der Waals surface area contributed by atoms with Gasteiger partial charge >= 0.3 is 0 Å². The molecule has 84 valence electrons. The van der Waals surface area contributed by atoms with E-state index in [1.165, 1.54) is 0 Å². The molecule has 15 heavy (non-hydrogen) atoms. The molecule has 0 radical (unpaired) electrons. The first-order valence-corrected chi connectivity index (χ1v) is 5.31. The minimum absolute atomic E-state index is 0.0139. The summed E-state index contributed by atoms with van der Waals surface area (Å²) in [5, 5.41) is 2.80. The average Bonchev–Trinajstić information content (AvgIpc) is 1.98. The van der Waals surface area contributed by atoms with Crippen LogP contribution in [0.4, 0.5) is 0 Å². The summed E-state index contributed by atoms with van der Waals surface area (Å²) in [6.45, 7) is 4.10. The monoisotopic (exact) mass is 228 g/mol. The van der Waals surface area contributed by atoms with E-state index in [0.29, 0.717) is 12.8 Å². The van der Waals surface area contributed by atoms with Crippen LogP contribution in [-0.4, -0.2) is 23.2 Å². The van der Waals surface area contributed by atoms with Gasteiger partial charge in [0.25, 0.3) is 0 Å². The number of ketones is 2. The van der Waals surface area contributed by atoms with E-state index in [0.717, 1.165) is 0 Å². The highest BCUT2D eigenvalue weighted by atomic mass is 32.1. The highest BCUT2D eigenvalue weighted by molar-refractivity contribution is 7.80. The Kier molecular flexibility index (Phi) is 3.44. The van der Waals surface area contributed by atoms with Crippen LogP contribution in [0.15, 0.2) is 0 Å². The Balaban J connectivity index is 2.63. The predicted octanol–water partition coefficient (Wildman–Crippen LogP) is 0.394. The van der Waals surface area contributed by atoms with Gasteiger partial charge in [-0.15, -0.1) is 0 Å². The summed E-state index contributed by atoms with van der Waals surface area (Å²) < 4.78 is 0. The lowest BCUT2D eigenvalue weighted by Crippen LogP contribution is -2.44. The second-order valence-electron chi connectivity index (χ2n) is 4.75. The van der Waals surface area contributed by atoms with Gasteiger partial charge in [0.05, 0.1) is 5.92 Å². The third kappa shape index (κ3) is 3.27. The number of hydrogen-bond donors (Lipinski definition) is 2. The number of nitrogens with one attached hydrogen (secondary N) is 1. The van der Waals surface area contributed by atoms with Crippen LogP contribution in [0.1, 0.15) is 26.7 Å². The Labute approximate surface area is 94.6 Å². The van der Waals surface area contributed by atoms with Crippen LogP contribution in [0.2, 0.25) is 0 Å². The van der Waals surface area contributed by atoms with Crippen molar-refractivity contribution in [2.45, 2.75) is 26.7 Å². The van der Waals surface area contributed by atoms with Gasteiger partial charge in [-0.1, -0.05) is 13.8 Å². The van der Waals surface area contributed by atoms with Crippen molar-refractivity contribution in [3.05, 3.63) is 0 Å². The van der Waals surface area contributed by atoms with Gasteiger partial charge < -0.3 is 11.1 Å². The fourth-order valence-electron chi connectivity index (χ4n) is 1.86. The van der Waals surface area contributed by atoms with Crippen LogP contribution in [-0.2, 0) is 9.59 Å². The van der Waals surface area contributed by atoms with E-state index in [1.54, 1.807) is 0 Å². The molecule has 1 rings (SSSR count). The topological polar surface area (TPSA) is 72.2 Å². The molecule has 3 N–H and O–H groups in total. The molecular weight excluding hydrogens is 212 g/mol. The first kappa shape index (κ1) is 12.1. The Morgan fingerprint density at radius 1 is 1.47 bits per heavy atom. The third-order valence-electron chi connectivity index (χ3n) is 2.56. The lowest BCUT2D eigenvalue weighted by atomic mass is 9.71. The number of nitrogens with two attached hydrogens (primary N) is 1. The molecular formula is C10H16N2O2S. The Bertz CT molecular complexity index is 293. The molecule has 0 amide bonds. The molecule has 0 saturated heterocycles. The van der Waals surface area contributed by atoms with E-state index in [9.17, 15) is 9.59 Å². The minimum Gasteiger partial charge on any atom is -0.376 e. The van der Waals surface area contributed by atoms with Crippen molar-refractivity contribution in [2.75, 3.05) is 6.54 Å². The Morgan fingerprint density at radius 2 is 1.93 bits per heavy atom. The van der Waals surface area contributed by atoms with Crippen molar-refractivity contribution in [1.82, 2.24) is 5.32 Å². The van der Waals surface area contributed by atoms with Gasteiger partial charge in [-0.25, -0.2) is 0 Å². The van der Waals surface area contributed by atoms with Gasteiger partial charge in [-0.05, 0) is 17.6 Å². The molecule has 0 atom stereocenters. The van der Waals surface area contributed by atoms with E-state index in [4.69, 9.17) is 5.73 Å². The molecule has 0 heterocycles. The fraction of sp³-hybridized carbons (Fsp3) is 0.700. The Hall–Kier alpha value is -0.970. The molecule has 1 aliphatic carbocycles. The zero-order valence-corrected chi connectivity index (χ0v) is 9.82. The lowest BCUT2D eigenvalue weighted by molar-refractivity contribution is -0.139. The van der Waals surface area contributed by atoms with Gasteiger partial charge in [0, 0.05) is 19.4 Å². The highest BCUT2D eigenvalue weighted by Crippen LogP contribution is 2.33. The Morgan fingerprint density at radius 3 is 2.33 bits per heavy atom. The van der Waals surface area contributed by atoms with Crippen LogP contribution in [0.25, 0.3) is 0 Å². The van der Waals surface area contributed by atoms with Crippen LogP contribution in [0.5, 0.6) is 0 Å². The minimum atomic E-state index is -0.570. The van der Waals surface area contributed by atoms with Crippen LogP contribution in [0, 0.1) is 11.3 Å². The van der Waals surface area contributed by atoms with Crippen molar-refractivity contribution in [3.8, 4) is 0 Å². The zero-order valence-electron chi connectivity index (χ0n) is 9.00.